The summed E-state index contributed by atoms with van der Waals surface area (Å²) in [4.78, 5) is 6.52. The molecule has 100 valence electrons. The third-order valence-corrected chi connectivity index (χ3v) is 5.44. The van der Waals surface area contributed by atoms with Gasteiger partial charge in [-0.2, -0.15) is 0 Å². The van der Waals surface area contributed by atoms with Crippen LogP contribution in [0.3, 0.4) is 0 Å². The zero-order chi connectivity index (χ0) is 12.5. The fourth-order valence-corrected chi connectivity index (χ4v) is 4.20. The van der Waals surface area contributed by atoms with Crippen molar-refractivity contribution >= 4 is 11.3 Å². The Bertz CT molecular complexity index is 406. The second kappa shape index (κ2) is 5.29. The molecule has 1 aromatic rings. The van der Waals surface area contributed by atoms with E-state index in [0.29, 0.717) is 6.04 Å². The minimum Gasteiger partial charge on any atom is -0.395 e. The summed E-state index contributed by atoms with van der Waals surface area (Å²) >= 11 is 1.84. The molecule has 3 rings (SSSR count). The Hall–Kier alpha value is -0.420. The first-order valence-electron chi connectivity index (χ1n) is 6.90. The first-order chi connectivity index (χ1) is 8.78. The second-order valence-corrected chi connectivity index (χ2v) is 6.58. The van der Waals surface area contributed by atoms with Crippen molar-refractivity contribution in [3.63, 3.8) is 0 Å². The van der Waals surface area contributed by atoms with Gasteiger partial charge in [-0.15, -0.1) is 11.3 Å². The molecule has 0 aromatic carbocycles. The molecule has 0 radical (unpaired) electrons. The number of fused-ring (bicyclic) bond motifs is 1. The summed E-state index contributed by atoms with van der Waals surface area (Å²) in [7, 11) is 0. The highest BCUT2D eigenvalue weighted by Gasteiger charge is 2.35. The highest BCUT2D eigenvalue weighted by molar-refractivity contribution is 7.10. The van der Waals surface area contributed by atoms with Gasteiger partial charge in [0.25, 0.3) is 0 Å². The molecule has 0 bridgehead atoms. The Balaban J connectivity index is 1.71. The number of aliphatic hydroxyl groups excluding tert-OH is 1. The molecule has 3 heterocycles. The molecule has 1 N–H and O–H groups in total. The first-order valence-corrected chi connectivity index (χ1v) is 7.78. The van der Waals surface area contributed by atoms with Gasteiger partial charge >= 0.3 is 0 Å². The van der Waals surface area contributed by atoms with Crippen molar-refractivity contribution in [2.24, 2.45) is 0 Å². The number of piperazine rings is 1. The van der Waals surface area contributed by atoms with Crippen LogP contribution in [0.5, 0.6) is 0 Å². The number of aliphatic hydroxyl groups is 1. The Morgan fingerprint density at radius 2 is 2.33 bits per heavy atom. The smallest absolute Gasteiger partial charge is 0.0599 e. The van der Waals surface area contributed by atoms with E-state index in [9.17, 15) is 5.11 Å². The molecule has 2 saturated heterocycles. The summed E-state index contributed by atoms with van der Waals surface area (Å²) in [6.45, 7) is 6.89. The predicted molar refractivity (Wildman–Crippen MR) is 74.9 cm³/mol. The number of aryl methyl sites for hydroxylation is 1. The zero-order valence-corrected chi connectivity index (χ0v) is 11.8. The van der Waals surface area contributed by atoms with Crippen molar-refractivity contribution in [3.05, 3.63) is 21.9 Å². The molecule has 1 aromatic heterocycles. The van der Waals surface area contributed by atoms with Crippen molar-refractivity contribution in [1.82, 2.24) is 9.80 Å². The van der Waals surface area contributed by atoms with Gasteiger partial charge in [-0.3, -0.25) is 9.80 Å². The normalized spacial score (nSPS) is 29.7. The number of thiophene rings is 1. The number of hydrogen-bond acceptors (Lipinski definition) is 4. The van der Waals surface area contributed by atoms with Crippen molar-refractivity contribution in [1.29, 1.82) is 0 Å². The van der Waals surface area contributed by atoms with Crippen molar-refractivity contribution in [2.75, 3.05) is 26.2 Å². The number of nitrogens with zero attached hydrogens (tertiary/aromatic N) is 2. The van der Waals surface area contributed by atoms with Crippen LogP contribution < -0.4 is 0 Å². The molecule has 0 unspecified atom stereocenters. The monoisotopic (exact) mass is 266 g/mol. The summed E-state index contributed by atoms with van der Waals surface area (Å²) in [5, 5.41) is 11.8. The van der Waals surface area contributed by atoms with Crippen LogP contribution in [0.15, 0.2) is 11.4 Å². The third kappa shape index (κ3) is 2.35. The molecular formula is C14H22N2OS. The van der Waals surface area contributed by atoms with E-state index < -0.39 is 0 Å². The number of rotatable bonds is 3. The first kappa shape index (κ1) is 12.6. The molecule has 2 fully saturated rings. The van der Waals surface area contributed by atoms with E-state index in [1.165, 1.54) is 29.8 Å². The lowest BCUT2D eigenvalue weighted by atomic mass is 10.1. The van der Waals surface area contributed by atoms with Crippen LogP contribution in [0.1, 0.15) is 23.3 Å². The highest BCUT2D eigenvalue weighted by Crippen LogP contribution is 2.27. The summed E-state index contributed by atoms with van der Waals surface area (Å²) in [6, 6.07) is 3.24. The summed E-state index contributed by atoms with van der Waals surface area (Å²) in [5.74, 6) is 0. The van der Waals surface area contributed by atoms with Gasteiger partial charge in [0.2, 0.25) is 0 Å². The molecule has 0 saturated carbocycles. The van der Waals surface area contributed by atoms with E-state index in [4.69, 9.17) is 0 Å². The van der Waals surface area contributed by atoms with Crippen LogP contribution in [0, 0.1) is 6.92 Å². The van der Waals surface area contributed by atoms with E-state index in [1.54, 1.807) is 0 Å². The summed E-state index contributed by atoms with van der Waals surface area (Å²) < 4.78 is 0. The highest BCUT2D eigenvalue weighted by atomic mass is 32.1. The van der Waals surface area contributed by atoms with Crippen LogP contribution in [-0.2, 0) is 6.54 Å². The van der Waals surface area contributed by atoms with Gasteiger partial charge in [0.05, 0.1) is 6.61 Å². The Morgan fingerprint density at radius 1 is 1.44 bits per heavy atom. The van der Waals surface area contributed by atoms with Crippen LogP contribution in [0.2, 0.25) is 0 Å². The molecule has 0 aliphatic carbocycles. The van der Waals surface area contributed by atoms with Crippen LogP contribution in [0.4, 0.5) is 0 Å². The average molecular weight is 266 g/mol. The van der Waals surface area contributed by atoms with Crippen molar-refractivity contribution in [2.45, 2.75) is 38.4 Å². The van der Waals surface area contributed by atoms with Gasteiger partial charge in [0.1, 0.15) is 0 Å². The standard InChI is InChI=1S/C14H22N2OS/c1-11-4-6-18-14(11)9-16-7-12-3-2-5-15(12)8-13(16)10-17/h4,6,12-13,17H,2-3,5,7-10H2,1H3/t12-,13+/m0/s1. The maximum absolute atomic E-state index is 9.61. The van der Waals surface area contributed by atoms with E-state index in [-0.39, 0.29) is 6.61 Å². The fourth-order valence-electron chi connectivity index (χ4n) is 3.27. The molecule has 2 atom stereocenters. The zero-order valence-electron chi connectivity index (χ0n) is 11.0. The van der Waals surface area contributed by atoms with Gasteiger partial charge in [-0.05, 0) is 43.3 Å². The minimum absolute atomic E-state index is 0.285. The van der Waals surface area contributed by atoms with Gasteiger partial charge in [0.15, 0.2) is 0 Å². The average Bonchev–Trinajstić information content (AvgIpc) is 2.98. The Kier molecular flexibility index (Phi) is 3.71. The lowest BCUT2D eigenvalue weighted by Crippen LogP contribution is -2.56. The lowest BCUT2D eigenvalue weighted by Gasteiger charge is -2.43. The molecular weight excluding hydrogens is 244 g/mol. The van der Waals surface area contributed by atoms with Crippen LogP contribution in [-0.4, -0.2) is 53.2 Å². The van der Waals surface area contributed by atoms with Gasteiger partial charge in [-0.1, -0.05) is 0 Å². The molecule has 0 spiro atoms. The molecule has 18 heavy (non-hydrogen) atoms. The quantitative estimate of drug-likeness (QED) is 0.902. The molecule has 2 aliphatic heterocycles. The van der Waals surface area contributed by atoms with Crippen LogP contribution >= 0.6 is 11.3 Å². The molecule has 0 amide bonds. The third-order valence-electron chi connectivity index (χ3n) is 4.43. The molecule has 3 nitrogen and oxygen atoms in total. The van der Waals surface area contributed by atoms with Gasteiger partial charge < -0.3 is 5.11 Å². The minimum atomic E-state index is 0.285. The second-order valence-electron chi connectivity index (χ2n) is 5.58. The molecule has 2 aliphatic rings. The van der Waals surface area contributed by atoms with Crippen molar-refractivity contribution in [3.8, 4) is 0 Å². The van der Waals surface area contributed by atoms with Gasteiger partial charge in [0, 0.05) is 36.6 Å². The van der Waals surface area contributed by atoms with E-state index >= 15 is 0 Å². The van der Waals surface area contributed by atoms with E-state index in [0.717, 1.165) is 25.7 Å². The maximum atomic E-state index is 9.61. The SMILES string of the molecule is Cc1ccsc1CN1C[C@@H]2CCCN2C[C@@H]1CO. The topological polar surface area (TPSA) is 26.7 Å². The Labute approximate surface area is 113 Å². The number of hydrogen-bond donors (Lipinski definition) is 1. The largest absolute Gasteiger partial charge is 0.395 e. The maximum Gasteiger partial charge on any atom is 0.0599 e. The van der Waals surface area contributed by atoms with E-state index in [2.05, 4.69) is 28.2 Å². The Morgan fingerprint density at radius 3 is 3.06 bits per heavy atom. The van der Waals surface area contributed by atoms with E-state index in [1.807, 2.05) is 11.3 Å². The summed E-state index contributed by atoms with van der Waals surface area (Å²) in [6.07, 6.45) is 2.66. The summed E-state index contributed by atoms with van der Waals surface area (Å²) in [5.41, 5.74) is 1.39. The van der Waals surface area contributed by atoms with Crippen molar-refractivity contribution < 1.29 is 5.11 Å². The molecule has 4 heteroatoms. The van der Waals surface area contributed by atoms with Crippen LogP contribution in [0.25, 0.3) is 0 Å². The van der Waals surface area contributed by atoms with Gasteiger partial charge in [-0.25, -0.2) is 0 Å². The lowest BCUT2D eigenvalue weighted by molar-refractivity contribution is 0.0175. The predicted octanol–water partition coefficient (Wildman–Crippen LogP) is 1.70. The fraction of sp³-hybridized carbons (Fsp3) is 0.714.